The van der Waals surface area contributed by atoms with Crippen molar-refractivity contribution >= 4 is 27.3 Å². The van der Waals surface area contributed by atoms with Gasteiger partial charge in [-0.15, -0.1) is 11.3 Å². The SMILES string of the molecule is CC1(C)[C@@H](CC(=O)c2nc3ccccc3s2)C2CCN1CC2. The molecule has 3 aliphatic heterocycles. The molecule has 116 valence electrons. The minimum Gasteiger partial charge on any atom is -0.298 e. The van der Waals surface area contributed by atoms with E-state index in [1.165, 1.54) is 37.3 Å². The summed E-state index contributed by atoms with van der Waals surface area (Å²) >= 11 is 1.54. The molecule has 2 bridgehead atoms. The van der Waals surface area contributed by atoms with Crippen molar-refractivity contribution < 1.29 is 4.79 Å². The van der Waals surface area contributed by atoms with E-state index in [1.54, 1.807) is 0 Å². The molecule has 22 heavy (non-hydrogen) atoms. The highest BCUT2D eigenvalue weighted by molar-refractivity contribution is 7.20. The van der Waals surface area contributed by atoms with E-state index in [0.717, 1.165) is 10.2 Å². The Balaban J connectivity index is 1.58. The van der Waals surface area contributed by atoms with Gasteiger partial charge < -0.3 is 0 Å². The van der Waals surface area contributed by atoms with Crippen molar-refractivity contribution in [1.82, 2.24) is 9.88 Å². The molecular formula is C18H22N2OS. The molecule has 1 atom stereocenters. The highest BCUT2D eigenvalue weighted by Gasteiger charge is 2.48. The van der Waals surface area contributed by atoms with Crippen LogP contribution in [0.15, 0.2) is 24.3 Å². The summed E-state index contributed by atoms with van der Waals surface area (Å²) in [6.07, 6.45) is 3.15. The van der Waals surface area contributed by atoms with Gasteiger partial charge in [0.05, 0.1) is 10.2 Å². The number of thiazole rings is 1. The number of rotatable bonds is 3. The van der Waals surface area contributed by atoms with Crippen LogP contribution >= 0.6 is 11.3 Å². The maximum absolute atomic E-state index is 12.8. The van der Waals surface area contributed by atoms with Crippen LogP contribution in [0.1, 0.15) is 42.9 Å². The third-order valence-corrected chi connectivity index (χ3v) is 6.85. The van der Waals surface area contributed by atoms with Crippen LogP contribution in [0.3, 0.4) is 0 Å². The van der Waals surface area contributed by atoms with Crippen LogP contribution in [-0.2, 0) is 0 Å². The first-order chi connectivity index (χ1) is 10.6. The van der Waals surface area contributed by atoms with Gasteiger partial charge in [0.1, 0.15) is 0 Å². The quantitative estimate of drug-likeness (QED) is 0.803. The molecule has 0 unspecified atom stereocenters. The van der Waals surface area contributed by atoms with Gasteiger partial charge in [0.2, 0.25) is 0 Å². The first-order valence-electron chi connectivity index (χ1n) is 8.19. The summed E-state index contributed by atoms with van der Waals surface area (Å²) in [4.78, 5) is 19.9. The molecular weight excluding hydrogens is 292 g/mol. The lowest BCUT2D eigenvalue weighted by molar-refractivity contribution is -0.0643. The zero-order chi connectivity index (χ0) is 15.3. The van der Waals surface area contributed by atoms with Gasteiger partial charge in [-0.05, 0) is 63.7 Å². The van der Waals surface area contributed by atoms with E-state index in [-0.39, 0.29) is 11.3 Å². The molecule has 5 rings (SSSR count). The molecule has 3 fully saturated rings. The Morgan fingerprint density at radius 2 is 2.05 bits per heavy atom. The first kappa shape index (κ1) is 14.3. The highest BCUT2D eigenvalue weighted by atomic mass is 32.1. The van der Waals surface area contributed by atoms with Gasteiger partial charge in [0.15, 0.2) is 10.8 Å². The van der Waals surface area contributed by atoms with E-state index in [9.17, 15) is 4.79 Å². The van der Waals surface area contributed by atoms with Crippen molar-refractivity contribution in [3.8, 4) is 0 Å². The molecule has 2 aromatic rings. The molecule has 0 spiro atoms. The number of carbonyl (C=O) groups excluding carboxylic acids is 1. The van der Waals surface area contributed by atoms with Crippen LogP contribution in [0.5, 0.6) is 0 Å². The molecule has 0 radical (unpaired) electrons. The number of ketones is 1. The Morgan fingerprint density at radius 3 is 2.73 bits per heavy atom. The molecule has 0 aliphatic carbocycles. The van der Waals surface area contributed by atoms with Crippen molar-refractivity contribution in [2.24, 2.45) is 11.8 Å². The van der Waals surface area contributed by atoms with E-state index >= 15 is 0 Å². The molecule has 0 amide bonds. The van der Waals surface area contributed by atoms with Crippen molar-refractivity contribution in [3.05, 3.63) is 29.3 Å². The number of hydrogen-bond acceptors (Lipinski definition) is 4. The molecule has 3 saturated heterocycles. The summed E-state index contributed by atoms with van der Waals surface area (Å²) in [6, 6.07) is 8.01. The van der Waals surface area contributed by atoms with Gasteiger partial charge in [0.25, 0.3) is 0 Å². The summed E-state index contributed by atoms with van der Waals surface area (Å²) in [5.41, 5.74) is 1.09. The van der Waals surface area contributed by atoms with E-state index in [1.807, 2.05) is 24.3 Å². The largest absolute Gasteiger partial charge is 0.298 e. The Bertz CT molecular complexity index is 680. The second-order valence-corrected chi connectivity index (χ2v) is 8.23. The molecule has 0 saturated carbocycles. The Labute approximate surface area is 135 Å². The number of carbonyl (C=O) groups is 1. The average molecular weight is 314 g/mol. The monoisotopic (exact) mass is 314 g/mol. The molecule has 4 heteroatoms. The normalized spacial score (nSPS) is 29.8. The summed E-state index contributed by atoms with van der Waals surface area (Å²) in [6.45, 7) is 7.02. The number of nitrogens with zero attached hydrogens (tertiary/aromatic N) is 2. The number of piperidine rings is 3. The van der Waals surface area contributed by atoms with Crippen molar-refractivity contribution in [2.45, 2.75) is 38.6 Å². The summed E-state index contributed by atoms with van der Waals surface area (Å²) in [5.74, 6) is 1.40. The number of hydrogen-bond donors (Lipinski definition) is 0. The third kappa shape index (κ3) is 2.20. The molecule has 1 aromatic carbocycles. The number of para-hydroxylation sites is 1. The molecule has 3 aliphatic rings. The molecule has 3 nitrogen and oxygen atoms in total. The summed E-state index contributed by atoms with van der Waals surface area (Å²) in [7, 11) is 0. The Hall–Kier alpha value is -1.26. The number of benzene rings is 1. The Kier molecular flexibility index (Phi) is 3.35. The fourth-order valence-corrected chi connectivity index (χ4v) is 5.30. The van der Waals surface area contributed by atoms with Crippen LogP contribution in [0.25, 0.3) is 10.2 Å². The van der Waals surface area contributed by atoms with Gasteiger partial charge in [-0.3, -0.25) is 9.69 Å². The fraction of sp³-hybridized carbons (Fsp3) is 0.556. The highest BCUT2D eigenvalue weighted by Crippen LogP contribution is 2.45. The minimum absolute atomic E-state index is 0.146. The van der Waals surface area contributed by atoms with Gasteiger partial charge in [-0.1, -0.05) is 12.1 Å². The average Bonchev–Trinajstić information content (AvgIpc) is 2.95. The van der Waals surface area contributed by atoms with E-state index in [4.69, 9.17) is 0 Å². The van der Waals surface area contributed by atoms with Crippen LogP contribution in [0.2, 0.25) is 0 Å². The lowest BCUT2D eigenvalue weighted by Gasteiger charge is -2.56. The van der Waals surface area contributed by atoms with Crippen molar-refractivity contribution in [1.29, 1.82) is 0 Å². The summed E-state index contributed by atoms with van der Waals surface area (Å²) < 4.78 is 1.11. The van der Waals surface area contributed by atoms with E-state index in [0.29, 0.717) is 23.3 Å². The fourth-order valence-electron chi connectivity index (χ4n) is 4.38. The maximum atomic E-state index is 12.8. The molecule has 0 N–H and O–H groups in total. The van der Waals surface area contributed by atoms with Crippen LogP contribution in [-0.4, -0.2) is 34.3 Å². The van der Waals surface area contributed by atoms with Gasteiger partial charge in [0, 0.05) is 12.0 Å². The van der Waals surface area contributed by atoms with Gasteiger partial charge >= 0.3 is 0 Å². The second-order valence-electron chi connectivity index (χ2n) is 7.20. The second kappa shape index (κ2) is 5.14. The predicted molar refractivity (Wildman–Crippen MR) is 90.4 cm³/mol. The van der Waals surface area contributed by atoms with E-state index < -0.39 is 0 Å². The van der Waals surface area contributed by atoms with Crippen molar-refractivity contribution in [2.75, 3.05) is 13.1 Å². The third-order valence-electron chi connectivity index (χ3n) is 5.77. The topological polar surface area (TPSA) is 33.2 Å². The van der Waals surface area contributed by atoms with Crippen LogP contribution in [0.4, 0.5) is 0 Å². The lowest BCUT2D eigenvalue weighted by Crippen LogP contribution is -2.61. The standard InChI is InChI=1S/C18H22N2OS/c1-18(2)13(12-7-9-20(18)10-8-12)11-15(21)17-19-14-5-3-4-6-16(14)22-17/h3-6,12-13H,7-11H2,1-2H3/t13-/m0/s1. The zero-order valence-electron chi connectivity index (χ0n) is 13.2. The lowest BCUT2D eigenvalue weighted by atomic mass is 9.65. The first-order valence-corrected chi connectivity index (χ1v) is 9.01. The van der Waals surface area contributed by atoms with Crippen molar-refractivity contribution in [3.63, 3.8) is 0 Å². The maximum Gasteiger partial charge on any atom is 0.191 e. The Morgan fingerprint density at radius 1 is 1.32 bits per heavy atom. The minimum atomic E-state index is 0.146. The van der Waals surface area contributed by atoms with Crippen LogP contribution in [0, 0.1) is 11.8 Å². The van der Waals surface area contributed by atoms with Crippen LogP contribution < -0.4 is 0 Å². The van der Waals surface area contributed by atoms with Gasteiger partial charge in [-0.2, -0.15) is 0 Å². The molecule has 1 aromatic heterocycles. The number of aromatic nitrogens is 1. The number of fused-ring (bicyclic) bond motifs is 4. The molecule has 4 heterocycles. The number of Topliss-reactive ketones (excluding diaryl/α,β-unsaturated/α-hetero) is 1. The smallest absolute Gasteiger partial charge is 0.191 e. The van der Waals surface area contributed by atoms with E-state index in [2.05, 4.69) is 23.7 Å². The zero-order valence-corrected chi connectivity index (χ0v) is 14.0. The van der Waals surface area contributed by atoms with Gasteiger partial charge in [-0.25, -0.2) is 4.98 Å². The predicted octanol–water partition coefficient (Wildman–Crippen LogP) is 3.99. The summed E-state index contributed by atoms with van der Waals surface area (Å²) in [5, 5.41) is 0.688.